The highest BCUT2D eigenvalue weighted by Gasteiger charge is 2.58. The SMILES string of the molecule is CCCCCO[C@H]1[C@H]([C@@H]2COC(C)(C)O2)O[C@H]2OC(C)(C)O[C@@H]21. The Morgan fingerprint density at radius 3 is 2.39 bits per heavy atom. The minimum absolute atomic E-state index is 0.165. The molecular weight excluding hydrogens is 300 g/mol. The van der Waals surface area contributed by atoms with Crippen molar-refractivity contribution >= 4 is 0 Å². The van der Waals surface area contributed by atoms with Crippen molar-refractivity contribution in [2.75, 3.05) is 13.2 Å². The largest absolute Gasteiger partial charge is 0.372 e. The Morgan fingerprint density at radius 1 is 0.957 bits per heavy atom. The van der Waals surface area contributed by atoms with E-state index >= 15 is 0 Å². The van der Waals surface area contributed by atoms with Crippen molar-refractivity contribution in [2.45, 2.75) is 96.2 Å². The fraction of sp³-hybridized carbons (Fsp3) is 1.00. The van der Waals surface area contributed by atoms with Crippen molar-refractivity contribution in [1.82, 2.24) is 0 Å². The smallest absolute Gasteiger partial charge is 0.190 e. The molecule has 5 atom stereocenters. The van der Waals surface area contributed by atoms with Crippen LogP contribution in [0.2, 0.25) is 0 Å². The van der Waals surface area contributed by atoms with E-state index < -0.39 is 17.9 Å². The van der Waals surface area contributed by atoms with E-state index in [1.165, 1.54) is 6.42 Å². The van der Waals surface area contributed by atoms with Gasteiger partial charge >= 0.3 is 0 Å². The Bertz CT molecular complexity index is 410. The topological polar surface area (TPSA) is 55.4 Å². The van der Waals surface area contributed by atoms with Crippen LogP contribution in [0.25, 0.3) is 0 Å². The van der Waals surface area contributed by atoms with Crippen molar-refractivity contribution in [3.63, 3.8) is 0 Å². The molecule has 0 spiro atoms. The zero-order chi connectivity index (χ0) is 16.7. The third kappa shape index (κ3) is 3.89. The molecule has 0 radical (unpaired) electrons. The summed E-state index contributed by atoms with van der Waals surface area (Å²) in [5.41, 5.74) is 0. The quantitative estimate of drug-likeness (QED) is 0.698. The summed E-state index contributed by atoms with van der Waals surface area (Å²) in [6.45, 7) is 11.0. The number of rotatable bonds is 6. The maximum absolute atomic E-state index is 6.14. The van der Waals surface area contributed by atoms with E-state index in [1.807, 2.05) is 27.7 Å². The van der Waals surface area contributed by atoms with E-state index in [-0.39, 0.29) is 24.4 Å². The lowest BCUT2D eigenvalue weighted by molar-refractivity contribution is -0.236. The molecule has 3 aliphatic rings. The average molecular weight is 330 g/mol. The molecule has 3 saturated heterocycles. The zero-order valence-corrected chi connectivity index (χ0v) is 14.9. The summed E-state index contributed by atoms with van der Waals surface area (Å²) in [6.07, 6.45) is 2.15. The molecule has 0 bridgehead atoms. The molecule has 134 valence electrons. The van der Waals surface area contributed by atoms with Gasteiger partial charge in [0.05, 0.1) is 6.61 Å². The Hall–Kier alpha value is -0.240. The molecule has 0 aliphatic carbocycles. The molecule has 0 N–H and O–H groups in total. The first-order valence-electron chi connectivity index (χ1n) is 8.76. The van der Waals surface area contributed by atoms with Gasteiger partial charge in [-0.05, 0) is 34.1 Å². The van der Waals surface area contributed by atoms with Gasteiger partial charge in [0.1, 0.15) is 24.4 Å². The second kappa shape index (κ2) is 6.58. The molecule has 0 aromatic carbocycles. The van der Waals surface area contributed by atoms with E-state index in [1.54, 1.807) is 0 Å². The summed E-state index contributed by atoms with van der Waals surface area (Å²) in [5.74, 6) is -1.23. The van der Waals surface area contributed by atoms with Gasteiger partial charge in [0.25, 0.3) is 0 Å². The number of hydrogen-bond donors (Lipinski definition) is 0. The summed E-state index contributed by atoms with van der Waals surface area (Å²) >= 11 is 0. The molecule has 6 nitrogen and oxygen atoms in total. The molecular formula is C17H30O6. The summed E-state index contributed by atoms with van der Waals surface area (Å²) in [6, 6.07) is 0. The fourth-order valence-electron chi connectivity index (χ4n) is 3.44. The maximum Gasteiger partial charge on any atom is 0.190 e. The van der Waals surface area contributed by atoms with Gasteiger partial charge in [-0.3, -0.25) is 0 Å². The predicted octanol–water partition coefficient (Wildman–Crippen LogP) is 2.59. The lowest BCUT2D eigenvalue weighted by atomic mass is 10.1. The van der Waals surface area contributed by atoms with E-state index in [9.17, 15) is 0 Å². The predicted molar refractivity (Wildman–Crippen MR) is 82.9 cm³/mol. The van der Waals surface area contributed by atoms with Crippen LogP contribution in [0.4, 0.5) is 0 Å². The Kier molecular flexibility index (Phi) is 5.03. The van der Waals surface area contributed by atoms with Crippen LogP contribution in [0.15, 0.2) is 0 Å². The van der Waals surface area contributed by atoms with Crippen molar-refractivity contribution < 1.29 is 28.4 Å². The first-order chi connectivity index (χ1) is 10.8. The minimum atomic E-state index is -0.641. The maximum atomic E-state index is 6.14. The Morgan fingerprint density at radius 2 is 1.74 bits per heavy atom. The van der Waals surface area contributed by atoms with Crippen LogP contribution in [-0.2, 0) is 28.4 Å². The highest BCUT2D eigenvalue weighted by Crippen LogP contribution is 2.41. The van der Waals surface area contributed by atoms with Crippen LogP contribution in [0, 0.1) is 0 Å². The summed E-state index contributed by atoms with van der Waals surface area (Å²) in [7, 11) is 0. The molecule has 3 fully saturated rings. The molecule has 23 heavy (non-hydrogen) atoms. The molecule has 0 amide bonds. The van der Waals surface area contributed by atoms with Crippen LogP contribution in [0.3, 0.4) is 0 Å². The van der Waals surface area contributed by atoms with Crippen LogP contribution in [0.1, 0.15) is 53.9 Å². The van der Waals surface area contributed by atoms with E-state index in [0.29, 0.717) is 13.2 Å². The molecule has 3 aliphatic heterocycles. The van der Waals surface area contributed by atoms with Crippen LogP contribution in [0.5, 0.6) is 0 Å². The first kappa shape index (κ1) is 17.6. The number of ether oxygens (including phenoxy) is 6. The first-order valence-corrected chi connectivity index (χ1v) is 8.76. The zero-order valence-electron chi connectivity index (χ0n) is 14.9. The van der Waals surface area contributed by atoms with Crippen molar-refractivity contribution in [2.24, 2.45) is 0 Å². The van der Waals surface area contributed by atoms with E-state index in [4.69, 9.17) is 28.4 Å². The van der Waals surface area contributed by atoms with E-state index in [0.717, 1.165) is 12.8 Å². The fourth-order valence-corrected chi connectivity index (χ4v) is 3.44. The van der Waals surface area contributed by atoms with Gasteiger partial charge in [0.15, 0.2) is 17.9 Å². The number of fused-ring (bicyclic) bond motifs is 1. The highest BCUT2D eigenvalue weighted by atomic mass is 16.8. The molecule has 6 heteroatoms. The number of unbranched alkanes of at least 4 members (excludes halogenated alkanes) is 2. The normalized spacial score (nSPS) is 41.3. The van der Waals surface area contributed by atoms with Crippen molar-refractivity contribution in [3.05, 3.63) is 0 Å². The minimum Gasteiger partial charge on any atom is -0.372 e. The third-order valence-corrected chi connectivity index (χ3v) is 4.48. The van der Waals surface area contributed by atoms with Crippen LogP contribution >= 0.6 is 0 Å². The Labute approximate surface area is 138 Å². The van der Waals surface area contributed by atoms with Crippen LogP contribution in [-0.4, -0.2) is 55.5 Å². The van der Waals surface area contributed by atoms with Crippen molar-refractivity contribution in [3.8, 4) is 0 Å². The monoisotopic (exact) mass is 330 g/mol. The Balaban J connectivity index is 1.66. The second-order valence-corrected chi connectivity index (χ2v) is 7.48. The van der Waals surface area contributed by atoms with E-state index in [2.05, 4.69) is 6.92 Å². The highest BCUT2D eigenvalue weighted by molar-refractivity contribution is 4.98. The van der Waals surface area contributed by atoms with Gasteiger partial charge < -0.3 is 28.4 Å². The lowest BCUT2D eigenvalue weighted by Gasteiger charge is -2.29. The van der Waals surface area contributed by atoms with Gasteiger partial charge in [-0.2, -0.15) is 0 Å². The molecule has 0 aromatic rings. The molecule has 0 saturated carbocycles. The van der Waals surface area contributed by atoms with Gasteiger partial charge in [0.2, 0.25) is 0 Å². The summed E-state index contributed by atoms with van der Waals surface area (Å²) in [5, 5.41) is 0. The molecule has 3 heterocycles. The second-order valence-electron chi connectivity index (χ2n) is 7.48. The lowest BCUT2D eigenvalue weighted by Crippen LogP contribution is -2.44. The summed E-state index contributed by atoms with van der Waals surface area (Å²) in [4.78, 5) is 0. The van der Waals surface area contributed by atoms with Gasteiger partial charge in [0, 0.05) is 6.61 Å². The van der Waals surface area contributed by atoms with Crippen molar-refractivity contribution in [1.29, 1.82) is 0 Å². The van der Waals surface area contributed by atoms with Crippen LogP contribution < -0.4 is 0 Å². The number of hydrogen-bond acceptors (Lipinski definition) is 6. The molecule has 0 unspecified atom stereocenters. The molecule has 0 aromatic heterocycles. The van der Waals surface area contributed by atoms with Gasteiger partial charge in [-0.1, -0.05) is 19.8 Å². The average Bonchev–Trinajstić information content (AvgIpc) is 3.05. The third-order valence-electron chi connectivity index (χ3n) is 4.48. The van der Waals surface area contributed by atoms with Gasteiger partial charge in [-0.25, -0.2) is 0 Å². The van der Waals surface area contributed by atoms with Gasteiger partial charge in [-0.15, -0.1) is 0 Å². The molecule has 3 rings (SSSR count). The summed E-state index contributed by atoms with van der Waals surface area (Å²) < 4.78 is 35.7. The standard InChI is InChI=1S/C17H30O6/c1-6-7-8-9-18-13-12(11-10-19-16(2,3)21-11)20-15-14(13)22-17(4,5)23-15/h11-15H,6-10H2,1-5H3/t11-,12-,13-,14+,15-/m0/s1.